The molecule has 0 amide bonds. The number of thioether (sulfide) groups is 1. The standard InChI is InChI=1S/C13H15N5O3S2/c1-8-5-10(18-7-14-16-17-18)6-9(2)12(8)23(20,21)15-11-3-4-22-13(11)19/h5-7,11,15H,3-4H2,1-2H3. The highest BCUT2D eigenvalue weighted by molar-refractivity contribution is 8.14. The summed E-state index contributed by atoms with van der Waals surface area (Å²) in [5, 5.41) is 10.8. The first-order chi connectivity index (χ1) is 10.9. The Morgan fingerprint density at radius 1 is 1.30 bits per heavy atom. The van der Waals surface area contributed by atoms with Crippen molar-refractivity contribution in [2.45, 2.75) is 31.2 Å². The molecule has 0 radical (unpaired) electrons. The van der Waals surface area contributed by atoms with Crippen molar-refractivity contribution < 1.29 is 13.2 Å². The van der Waals surface area contributed by atoms with E-state index in [0.29, 0.717) is 29.0 Å². The monoisotopic (exact) mass is 353 g/mol. The van der Waals surface area contributed by atoms with Gasteiger partial charge in [0.25, 0.3) is 0 Å². The molecule has 1 aliphatic rings. The molecule has 1 N–H and O–H groups in total. The fourth-order valence-corrected chi connectivity index (χ4v) is 5.30. The van der Waals surface area contributed by atoms with E-state index in [0.717, 1.165) is 11.8 Å². The number of aromatic nitrogens is 4. The van der Waals surface area contributed by atoms with Crippen LogP contribution in [0.25, 0.3) is 5.69 Å². The molecule has 0 spiro atoms. The second kappa shape index (κ2) is 6.02. The van der Waals surface area contributed by atoms with Crippen LogP contribution in [0.4, 0.5) is 0 Å². The molecule has 1 saturated heterocycles. The first kappa shape index (κ1) is 16.1. The summed E-state index contributed by atoms with van der Waals surface area (Å²) in [4.78, 5) is 11.9. The van der Waals surface area contributed by atoms with E-state index in [9.17, 15) is 13.2 Å². The lowest BCUT2D eigenvalue weighted by Gasteiger charge is -2.16. The number of carbonyl (C=O) groups excluding carboxylic acids is 1. The van der Waals surface area contributed by atoms with Crippen molar-refractivity contribution in [3.8, 4) is 5.69 Å². The highest BCUT2D eigenvalue weighted by Crippen LogP contribution is 2.26. The van der Waals surface area contributed by atoms with Gasteiger partial charge >= 0.3 is 0 Å². The number of hydrogen-bond acceptors (Lipinski definition) is 7. The summed E-state index contributed by atoms with van der Waals surface area (Å²) in [7, 11) is -3.77. The lowest BCUT2D eigenvalue weighted by molar-refractivity contribution is -0.111. The zero-order chi connectivity index (χ0) is 16.6. The Morgan fingerprint density at radius 3 is 2.52 bits per heavy atom. The third-order valence-corrected chi connectivity index (χ3v) is 6.35. The molecular weight excluding hydrogens is 338 g/mol. The molecule has 1 unspecified atom stereocenters. The highest BCUT2D eigenvalue weighted by atomic mass is 32.2. The van der Waals surface area contributed by atoms with Gasteiger partial charge in [-0.2, -0.15) is 4.72 Å². The molecule has 10 heteroatoms. The van der Waals surface area contributed by atoms with Gasteiger partial charge in [0.15, 0.2) is 0 Å². The van der Waals surface area contributed by atoms with Crippen LogP contribution in [0.2, 0.25) is 0 Å². The van der Waals surface area contributed by atoms with Crippen LogP contribution >= 0.6 is 11.8 Å². The molecule has 122 valence electrons. The summed E-state index contributed by atoms with van der Waals surface area (Å²) in [6.45, 7) is 3.42. The topological polar surface area (TPSA) is 107 Å². The number of tetrazole rings is 1. The van der Waals surface area contributed by atoms with E-state index in [4.69, 9.17) is 0 Å². The van der Waals surface area contributed by atoms with Gasteiger partial charge in [-0.15, -0.1) is 5.10 Å². The van der Waals surface area contributed by atoms with E-state index < -0.39 is 16.1 Å². The van der Waals surface area contributed by atoms with Gasteiger partial charge in [0.2, 0.25) is 15.1 Å². The normalized spacial score (nSPS) is 18.5. The van der Waals surface area contributed by atoms with Crippen molar-refractivity contribution in [3.05, 3.63) is 29.6 Å². The molecule has 1 aromatic carbocycles. The molecule has 23 heavy (non-hydrogen) atoms. The van der Waals surface area contributed by atoms with Gasteiger partial charge in [-0.25, -0.2) is 13.1 Å². The van der Waals surface area contributed by atoms with Crippen LogP contribution < -0.4 is 4.72 Å². The van der Waals surface area contributed by atoms with Crippen LogP contribution in [-0.2, 0) is 14.8 Å². The largest absolute Gasteiger partial charge is 0.285 e. The van der Waals surface area contributed by atoms with Gasteiger partial charge in [0, 0.05) is 5.75 Å². The van der Waals surface area contributed by atoms with Crippen LogP contribution in [-0.4, -0.2) is 45.5 Å². The zero-order valence-corrected chi connectivity index (χ0v) is 14.2. The van der Waals surface area contributed by atoms with Gasteiger partial charge in [-0.3, -0.25) is 4.79 Å². The van der Waals surface area contributed by atoms with Crippen LogP contribution in [0.1, 0.15) is 17.5 Å². The van der Waals surface area contributed by atoms with Crippen molar-refractivity contribution >= 4 is 26.9 Å². The number of hydrogen-bond donors (Lipinski definition) is 1. The van der Waals surface area contributed by atoms with Crippen LogP contribution in [0, 0.1) is 13.8 Å². The smallest absolute Gasteiger partial charge is 0.241 e. The number of nitrogens with zero attached hydrogens (tertiary/aromatic N) is 4. The number of benzene rings is 1. The van der Waals surface area contributed by atoms with E-state index in [1.807, 2.05) is 0 Å². The Labute approximate surface area is 137 Å². The minimum Gasteiger partial charge on any atom is -0.285 e. The van der Waals surface area contributed by atoms with E-state index in [-0.39, 0.29) is 10.0 Å². The summed E-state index contributed by atoms with van der Waals surface area (Å²) in [5.41, 5.74) is 1.82. The summed E-state index contributed by atoms with van der Waals surface area (Å²) < 4.78 is 29.3. The maximum absolute atomic E-state index is 12.7. The number of nitrogens with one attached hydrogen (secondary N) is 1. The van der Waals surface area contributed by atoms with Gasteiger partial charge in [0.05, 0.1) is 16.6 Å². The fourth-order valence-electron chi connectivity index (χ4n) is 2.61. The molecule has 1 fully saturated rings. The molecule has 3 rings (SSSR count). The number of carbonyl (C=O) groups is 1. The summed E-state index contributed by atoms with van der Waals surface area (Å²) >= 11 is 1.16. The molecule has 0 bridgehead atoms. The highest BCUT2D eigenvalue weighted by Gasteiger charge is 2.31. The van der Waals surface area contributed by atoms with E-state index in [1.165, 1.54) is 11.0 Å². The Kier molecular flexibility index (Phi) is 4.21. The van der Waals surface area contributed by atoms with E-state index in [2.05, 4.69) is 20.2 Å². The molecular formula is C13H15N5O3S2. The minimum atomic E-state index is -3.77. The molecule has 1 atom stereocenters. The Hall–Kier alpha value is -1.78. The quantitative estimate of drug-likeness (QED) is 0.857. The first-order valence-electron chi connectivity index (χ1n) is 6.92. The molecule has 0 saturated carbocycles. The maximum atomic E-state index is 12.7. The molecule has 2 heterocycles. The summed E-state index contributed by atoms with van der Waals surface area (Å²) in [5.74, 6) is 0.641. The maximum Gasteiger partial charge on any atom is 0.241 e. The van der Waals surface area contributed by atoms with Crippen molar-refractivity contribution in [2.24, 2.45) is 0 Å². The van der Waals surface area contributed by atoms with Crippen LogP contribution in [0.3, 0.4) is 0 Å². The molecule has 1 aromatic heterocycles. The fraction of sp³-hybridized carbons (Fsp3) is 0.385. The van der Waals surface area contributed by atoms with Crippen molar-refractivity contribution in [1.82, 2.24) is 24.9 Å². The van der Waals surface area contributed by atoms with Gasteiger partial charge in [0.1, 0.15) is 6.33 Å². The number of rotatable bonds is 4. The molecule has 8 nitrogen and oxygen atoms in total. The van der Waals surface area contributed by atoms with Gasteiger partial charge in [-0.05, 0) is 54.0 Å². The second-order valence-corrected chi connectivity index (χ2v) is 8.04. The zero-order valence-electron chi connectivity index (χ0n) is 12.6. The average molecular weight is 353 g/mol. The summed E-state index contributed by atoms with van der Waals surface area (Å²) in [6.07, 6.45) is 1.96. The summed E-state index contributed by atoms with van der Waals surface area (Å²) in [6, 6.07) is 2.75. The van der Waals surface area contributed by atoms with E-state index in [1.54, 1.807) is 26.0 Å². The van der Waals surface area contributed by atoms with Crippen LogP contribution in [0.15, 0.2) is 23.4 Å². The molecule has 2 aromatic rings. The van der Waals surface area contributed by atoms with Gasteiger partial charge < -0.3 is 0 Å². The SMILES string of the molecule is Cc1cc(-n2cnnn2)cc(C)c1S(=O)(=O)NC1CCSC1=O. The predicted octanol–water partition coefficient (Wildman–Crippen LogP) is 0.590. The first-order valence-corrected chi connectivity index (χ1v) is 9.39. The van der Waals surface area contributed by atoms with Crippen molar-refractivity contribution in [2.75, 3.05) is 5.75 Å². The Morgan fingerprint density at radius 2 is 2.00 bits per heavy atom. The van der Waals surface area contributed by atoms with Crippen LogP contribution in [0.5, 0.6) is 0 Å². The van der Waals surface area contributed by atoms with Crippen molar-refractivity contribution in [3.63, 3.8) is 0 Å². The number of sulfonamides is 1. The average Bonchev–Trinajstić information content (AvgIpc) is 3.10. The van der Waals surface area contributed by atoms with Gasteiger partial charge in [-0.1, -0.05) is 11.8 Å². The lowest BCUT2D eigenvalue weighted by atomic mass is 10.1. The molecule has 0 aliphatic carbocycles. The predicted molar refractivity (Wildman–Crippen MR) is 84.8 cm³/mol. The second-order valence-electron chi connectivity index (χ2n) is 5.29. The Balaban J connectivity index is 1.97. The minimum absolute atomic E-state index is 0.130. The van der Waals surface area contributed by atoms with E-state index >= 15 is 0 Å². The third kappa shape index (κ3) is 3.14. The Bertz CT molecular complexity index is 825. The lowest BCUT2D eigenvalue weighted by Crippen LogP contribution is -2.37. The molecule has 1 aliphatic heterocycles. The number of aryl methyl sites for hydroxylation is 2. The van der Waals surface area contributed by atoms with Crippen molar-refractivity contribution in [1.29, 1.82) is 0 Å². The third-order valence-electron chi connectivity index (χ3n) is 3.56.